The number of rotatable bonds is 27. The Morgan fingerprint density at radius 1 is 0.776 bits per heavy atom. The molecule has 0 aliphatic carbocycles. The Labute approximate surface area is 392 Å². The van der Waals surface area contributed by atoms with E-state index in [1.54, 1.807) is 72.0 Å². The fraction of sp³-hybridized carbons (Fsp3) is 0.644. The lowest BCUT2D eigenvalue weighted by Crippen LogP contribution is -2.63. The van der Waals surface area contributed by atoms with Crippen molar-refractivity contribution in [2.75, 3.05) is 13.2 Å². The van der Waals surface area contributed by atoms with Crippen molar-refractivity contribution in [3.63, 3.8) is 0 Å². The fourth-order valence-electron chi connectivity index (χ4n) is 7.19. The summed E-state index contributed by atoms with van der Waals surface area (Å²) < 4.78 is 0. The molecule has 0 spiro atoms. The molecule has 7 amide bonds. The highest BCUT2D eigenvalue weighted by atomic mass is 16.5. The summed E-state index contributed by atoms with van der Waals surface area (Å²) >= 11 is 0. The summed E-state index contributed by atoms with van der Waals surface area (Å²) in [5, 5.41) is 69.7. The molecular formula is C45H74N10O12. The highest BCUT2D eigenvalue weighted by molar-refractivity contribution is 5.96. The number of likely N-dealkylation sites (tertiary alicyclic amines) is 1. The third-order valence-corrected chi connectivity index (χ3v) is 11.2. The molecule has 1 saturated heterocycles. The number of hydrogen-bond donors (Lipinski definition) is 13. The smallest absolute Gasteiger partial charge is 0.247 e. The molecule has 376 valence electrons. The maximum Gasteiger partial charge on any atom is 0.247 e. The quantitative estimate of drug-likeness (QED) is 0.0332. The Kier molecular flexibility index (Phi) is 24.0. The third kappa shape index (κ3) is 18.2. The van der Waals surface area contributed by atoms with Gasteiger partial charge in [0.2, 0.25) is 41.4 Å². The molecule has 67 heavy (non-hydrogen) atoms. The molecule has 22 heteroatoms. The molecule has 22 nitrogen and oxygen atoms in total. The Morgan fingerprint density at radius 2 is 1.37 bits per heavy atom. The number of aliphatic hydroxyl groups excluding tert-OH is 4. The van der Waals surface area contributed by atoms with Crippen LogP contribution in [-0.4, -0.2) is 162 Å². The van der Waals surface area contributed by atoms with E-state index in [1.807, 2.05) is 0 Å². The fourth-order valence-corrected chi connectivity index (χ4v) is 7.19. The Bertz CT molecular complexity index is 1860. The molecule has 0 saturated carbocycles. The first kappa shape index (κ1) is 57.6. The van der Waals surface area contributed by atoms with Gasteiger partial charge in [0.15, 0.2) is 6.29 Å². The molecule has 0 bridgehead atoms. The average molecular weight is 947 g/mol. The summed E-state index contributed by atoms with van der Waals surface area (Å²) in [6.45, 7) is 17.4. The monoisotopic (exact) mass is 947 g/mol. The van der Waals surface area contributed by atoms with Crippen molar-refractivity contribution in [1.29, 1.82) is 0 Å². The van der Waals surface area contributed by atoms with Crippen molar-refractivity contribution in [3.8, 4) is 0 Å². The largest absolute Gasteiger partial charge is 0.394 e. The van der Waals surface area contributed by atoms with Gasteiger partial charge >= 0.3 is 0 Å². The standard InChI is InChI=1S/C45H74N10O12/c1-11-12-13-15-25(6)18-31(50-39(60)28(9)49-38(59)27(8)48-37(58)26(7)19-30-20-46-22-47-30)40(61)51-32(21-56)44(65)55-17-14-16-33(55)41(62)52-34(23(2)3)42(63)54-36(29(10)57)43(64)53-35(24(4)5)45(66)67/h11-13,15,20,22-24,26-29,31-36,41,45,52,56-57,62,66-67H,6,14,16-19,21H2,1-5,7-10H3,(H,46,47)(H,48,58)(H,49,59)(H,50,60)(H,51,61)(H,53,64)(H,54,63)/b12-11-,15-13-/t26-,27-,28-,29+,31-,32-,33-,34-,35-,36-,41?/m0/s1. The van der Waals surface area contributed by atoms with Crippen LogP contribution >= 0.6 is 0 Å². The van der Waals surface area contributed by atoms with E-state index >= 15 is 0 Å². The first-order chi connectivity index (χ1) is 31.4. The first-order valence-corrected chi connectivity index (χ1v) is 22.6. The van der Waals surface area contributed by atoms with E-state index in [0.717, 1.165) is 5.69 Å². The van der Waals surface area contributed by atoms with Crippen LogP contribution in [0.2, 0.25) is 0 Å². The number of allylic oxidation sites excluding steroid dienone is 4. The van der Waals surface area contributed by atoms with E-state index in [-0.39, 0.29) is 19.4 Å². The SMILES string of the molecule is C=C(/C=C\C=C/C)C[C@H](NC(=O)[C@H](C)NC(=O)[C@H](C)NC(=O)[C@@H](C)Cc1cnc[nH]1)C(=O)N[C@@H](CO)C(=O)N1CCC[C@H]1C(O)N[C@H](C(=O)N[C@H](C(=O)N[C@@H](C(C)C)C(O)O)[C@@H](C)O)C(C)C. The molecule has 0 radical (unpaired) electrons. The lowest BCUT2D eigenvalue weighted by Gasteiger charge is -2.35. The van der Waals surface area contributed by atoms with E-state index in [2.05, 4.69) is 53.8 Å². The van der Waals surface area contributed by atoms with E-state index in [4.69, 9.17) is 0 Å². The summed E-state index contributed by atoms with van der Waals surface area (Å²) in [5.41, 5.74) is 1.15. The summed E-state index contributed by atoms with van der Waals surface area (Å²) in [7, 11) is 0. The van der Waals surface area contributed by atoms with Crippen LogP contribution in [0.4, 0.5) is 0 Å². The van der Waals surface area contributed by atoms with Crippen LogP contribution in [-0.2, 0) is 40.0 Å². The van der Waals surface area contributed by atoms with Gasteiger partial charge in [-0.25, -0.2) is 4.98 Å². The normalized spacial score (nSPS) is 18.6. The van der Waals surface area contributed by atoms with Gasteiger partial charge in [-0.05, 0) is 52.4 Å². The highest BCUT2D eigenvalue weighted by Crippen LogP contribution is 2.22. The van der Waals surface area contributed by atoms with Crippen LogP contribution in [0.3, 0.4) is 0 Å². The van der Waals surface area contributed by atoms with Crippen LogP contribution in [0.15, 0.2) is 49.0 Å². The van der Waals surface area contributed by atoms with Crippen LogP contribution in [0.25, 0.3) is 0 Å². The second kappa shape index (κ2) is 28.0. The summed E-state index contributed by atoms with van der Waals surface area (Å²) in [6.07, 6.45) is 5.86. The molecule has 13 N–H and O–H groups in total. The van der Waals surface area contributed by atoms with Crippen molar-refractivity contribution in [1.82, 2.24) is 52.1 Å². The predicted octanol–water partition coefficient (Wildman–Crippen LogP) is -2.12. The van der Waals surface area contributed by atoms with Crippen molar-refractivity contribution >= 4 is 41.4 Å². The molecule has 1 unspecified atom stereocenters. The minimum absolute atomic E-state index is 0.108. The van der Waals surface area contributed by atoms with E-state index in [0.29, 0.717) is 18.4 Å². The van der Waals surface area contributed by atoms with Crippen LogP contribution in [0.1, 0.15) is 87.3 Å². The number of aromatic amines is 1. The van der Waals surface area contributed by atoms with Crippen LogP contribution < -0.4 is 37.2 Å². The molecule has 1 aromatic heterocycles. The summed E-state index contributed by atoms with van der Waals surface area (Å²) in [5.74, 6) is -6.56. The van der Waals surface area contributed by atoms with Gasteiger partial charge in [-0.2, -0.15) is 0 Å². The van der Waals surface area contributed by atoms with Crippen molar-refractivity contribution < 1.29 is 59.1 Å². The number of imidazole rings is 1. The summed E-state index contributed by atoms with van der Waals surface area (Å²) in [6, 6.07) is -9.88. The molecule has 0 aromatic carbocycles. The predicted molar refractivity (Wildman–Crippen MR) is 246 cm³/mol. The minimum Gasteiger partial charge on any atom is -0.394 e. The van der Waals surface area contributed by atoms with Gasteiger partial charge in [0.25, 0.3) is 0 Å². The number of amides is 7. The maximum absolute atomic E-state index is 14.0. The second-order valence-corrected chi connectivity index (χ2v) is 17.7. The zero-order chi connectivity index (χ0) is 50.7. The van der Waals surface area contributed by atoms with Crippen LogP contribution in [0.5, 0.6) is 0 Å². The van der Waals surface area contributed by atoms with Gasteiger partial charge < -0.3 is 67.3 Å². The zero-order valence-corrected chi connectivity index (χ0v) is 40.0. The number of carbonyl (C=O) groups is 7. The highest BCUT2D eigenvalue weighted by Gasteiger charge is 2.41. The second-order valence-electron chi connectivity index (χ2n) is 17.7. The van der Waals surface area contributed by atoms with Crippen molar-refractivity contribution in [3.05, 3.63) is 54.7 Å². The number of aromatic nitrogens is 2. The Balaban J connectivity index is 2.20. The number of nitrogens with one attached hydrogen (secondary N) is 8. The number of H-pyrrole nitrogens is 1. The minimum atomic E-state index is -1.91. The first-order valence-electron chi connectivity index (χ1n) is 22.6. The number of aliphatic hydroxyl groups is 5. The van der Waals surface area contributed by atoms with Gasteiger partial charge in [0.1, 0.15) is 36.4 Å². The van der Waals surface area contributed by atoms with Gasteiger partial charge in [0.05, 0.1) is 37.2 Å². The van der Waals surface area contributed by atoms with Crippen molar-refractivity contribution in [2.24, 2.45) is 17.8 Å². The molecule has 1 aliphatic heterocycles. The lowest BCUT2D eigenvalue weighted by molar-refractivity contribution is -0.142. The van der Waals surface area contributed by atoms with Gasteiger partial charge in [-0.3, -0.25) is 38.9 Å². The van der Waals surface area contributed by atoms with Gasteiger partial charge in [-0.1, -0.05) is 71.1 Å². The van der Waals surface area contributed by atoms with Crippen molar-refractivity contribution in [2.45, 2.75) is 155 Å². The number of hydrogen-bond acceptors (Lipinski definition) is 14. The maximum atomic E-state index is 14.0. The number of nitrogens with zero attached hydrogens (tertiary/aromatic N) is 2. The topological polar surface area (TPSA) is 337 Å². The Hall–Kier alpha value is -5.52. The number of carbonyl (C=O) groups excluding carboxylic acids is 7. The van der Waals surface area contributed by atoms with Gasteiger partial charge in [0, 0.05) is 37.2 Å². The van der Waals surface area contributed by atoms with Crippen LogP contribution in [0, 0.1) is 17.8 Å². The molecule has 1 aliphatic rings. The molecule has 2 rings (SSSR count). The molecule has 1 fully saturated rings. The average Bonchev–Trinajstić information content (AvgIpc) is 3.97. The Morgan fingerprint density at radius 3 is 1.91 bits per heavy atom. The van der Waals surface area contributed by atoms with E-state index in [9.17, 15) is 59.1 Å². The van der Waals surface area contributed by atoms with E-state index < -0.39 is 133 Å². The molecular weight excluding hydrogens is 873 g/mol. The lowest BCUT2D eigenvalue weighted by atomic mass is 10.00. The van der Waals surface area contributed by atoms with Gasteiger partial charge in [-0.15, -0.1) is 0 Å². The molecule has 1 aromatic rings. The molecule has 2 heterocycles. The summed E-state index contributed by atoms with van der Waals surface area (Å²) in [4.78, 5) is 102. The van der Waals surface area contributed by atoms with E-state index in [1.165, 1.54) is 32.0 Å². The molecule has 11 atom stereocenters. The zero-order valence-electron chi connectivity index (χ0n) is 40.0. The third-order valence-electron chi connectivity index (χ3n) is 11.2.